The van der Waals surface area contributed by atoms with Crippen LogP contribution >= 0.6 is 0 Å². The van der Waals surface area contributed by atoms with Crippen LogP contribution in [0.5, 0.6) is 0 Å². The van der Waals surface area contributed by atoms with E-state index >= 15 is 0 Å². The summed E-state index contributed by atoms with van der Waals surface area (Å²) in [5, 5.41) is 8.39. The molecule has 3 heteroatoms. The summed E-state index contributed by atoms with van der Waals surface area (Å²) in [6.07, 6.45) is 4.99. The van der Waals surface area contributed by atoms with Gasteiger partial charge in [0.15, 0.2) is 0 Å². The Morgan fingerprint density at radius 1 is 1.78 bits per heavy atom. The predicted molar refractivity (Wildman–Crippen MR) is 34.6 cm³/mol. The first-order chi connectivity index (χ1) is 4.30. The maximum Gasteiger partial charge on any atom is 0.332 e. The Bertz CT molecular complexity index is 221. The van der Waals surface area contributed by atoms with Crippen LogP contribution in [0.3, 0.4) is 0 Å². The van der Waals surface area contributed by atoms with Crippen LogP contribution in [-0.4, -0.2) is 23.5 Å². The highest BCUT2D eigenvalue weighted by molar-refractivity contribution is 5.97. The lowest BCUT2D eigenvalue weighted by atomic mass is 10.2. The fraction of sp³-hybridized carbons (Fsp3) is 0.167. The Balaban J connectivity index is 2.78. The number of rotatable bonds is 1. The Labute approximate surface area is 52.1 Å². The van der Waals surface area contributed by atoms with Crippen LogP contribution in [0, 0.1) is 0 Å². The minimum absolute atomic E-state index is 0.394. The minimum atomic E-state index is -0.864. The number of carbonyl (C=O) groups is 1. The predicted octanol–water partition coefficient (Wildman–Crippen LogP) is -0.390. The summed E-state index contributed by atoms with van der Waals surface area (Å²) in [5.74, 6) is -0.864. The molecule has 0 bridgehead atoms. The summed E-state index contributed by atoms with van der Waals surface area (Å²) in [4.78, 5) is 10.2. The number of nitrogens with zero attached hydrogens (tertiary/aromatic N) is 1. The molecular formula is C6H6NO2+. The van der Waals surface area contributed by atoms with Gasteiger partial charge < -0.3 is 5.11 Å². The summed E-state index contributed by atoms with van der Waals surface area (Å²) < 4.78 is 3.72. The molecule has 1 heterocycles. The average Bonchev–Trinajstić information content (AvgIpc) is 1.90. The van der Waals surface area contributed by atoms with Crippen LogP contribution in [-0.2, 0) is 4.79 Å². The van der Waals surface area contributed by atoms with Crippen molar-refractivity contribution in [1.82, 2.24) is 4.67 Å². The molecule has 0 aromatic carbocycles. The fourth-order valence-electron chi connectivity index (χ4n) is 0.572. The van der Waals surface area contributed by atoms with Gasteiger partial charge in [0.1, 0.15) is 0 Å². The third-order valence-electron chi connectivity index (χ3n) is 1.05. The second-order valence-electron chi connectivity index (χ2n) is 1.68. The Morgan fingerprint density at radius 3 is 2.89 bits per heavy atom. The van der Waals surface area contributed by atoms with E-state index < -0.39 is 5.97 Å². The maximum atomic E-state index is 10.2. The van der Waals surface area contributed by atoms with Crippen molar-refractivity contribution in [2.75, 3.05) is 0 Å². The SMILES string of the molecule is O=C(O)C1=CC=[N+]=CC1. The number of hydrogen-bond acceptors (Lipinski definition) is 1. The lowest BCUT2D eigenvalue weighted by molar-refractivity contribution is -0.132. The third kappa shape index (κ3) is 1.27. The van der Waals surface area contributed by atoms with Gasteiger partial charge in [-0.25, -0.2) is 4.79 Å². The summed E-state index contributed by atoms with van der Waals surface area (Å²) in [5.41, 5.74) is 0.394. The molecule has 0 amide bonds. The molecule has 0 radical (unpaired) electrons. The molecule has 3 nitrogen and oxygen atoms in total. The lowest BCUT2D eigenvalue weighted by Crippen LogP contribution is -2.05. The highest BCUT2D eigenvalue weighted by Crippen LogP contribution is 1.97. The molecule has 0 fully saturated rings. The molecule has 46 valence electrons. The molecular weight excluding hydrogens is 118 g/mol. The van der Waals surface area contributed by atoms with Gasteiger partial charge in [-0.05, 0) is 0 Å². The van der Waals surface area contributed by atoms with Crippen LogP contribution in [0.25, 0.3) is 0 Å². The van der Waals surface area contributed by atoms with Crippen molar-refractivity contribution in [1.29, 1.82) is 0 Å². The molecule has 0 aromatic heterocycles. The number of hydrogen-bond donors (Lipinski definition) is 1. The van der Waals surface area contributed by atoms with Crippen LogP contribution in [0.1, 0.15) is 6.42 Å². The Hall–Kier alpha value is -1.34. The minimum Gasteiger partial charge on any atom is -0.478 e. The van der Waals surface area contributed by atoms with E-state index in [-0.39, 0.29) is 0 Å². The molecule has 1 aliphatic rings. The first kappa shape index (κ1) is 5.79. The first-order valence-electron chi connectivity index (χ1n) is 2.58. The topological polar surface area (TPSA) is 51.4 Å². The van der Waals surface area contributed by atoms with Crippen molar-refractivity contribution in [3.05, 3.63) is 11.6 Å². The van der Waals surface area contributed by atoms with Gasteiger partial charge in [0.2, 0.25) is 0 Å². The second-order valence-corrected chi connectivity index (χ2v) is 1.68. The quantitative estimate of drug-likeness (QED) is 0.484. The largest absolute Gasteiger partial charge is 0.478 e. The second kappa shape index (κ2) is 2.29. The molecule has 0 saturated carbocycles. The number of carboxylic acid groups (broad SMARTS) is 1. The van der Waals surface area contributed by atoms with Gasteiger partial charge in [-0.15, -0.1) is 4.67 Å². The van der Waals surface area contributed by atoms with Crippen molar-refractivity contribution < 1.29 is 9.90 Å². The van der Waals surface area contributed by atoms with Crippen molar-refractivity contribution in [2.24, 2.45) is 0 Å². The van der Waals surface area contributed by atoms with Crippen LogP contribution < -0.4 is 4.67 Å². The van der Waals surface area contributed by atoms with E-state index in [0.29, 0.717) is 12.0 Å². The van der Waals surface area contributed by atoms with E-state index in [2.05, 4.69) is 4.67 Å². The summed E-state index contributed by atoms with van der Waals surface area (Å²) in [7, 11) is 0. The van der Waals surface area contributed by atoms with Crippen LogP contribution in [0.4, 0.5) is 0 Å². The van der Waals surface area contributed by atoms with Gasteiger partial charge in [-0.1, -0.05) is 0 Å². The fourth-order valence-corrected chi connectivity index (χ4v) is 0.572. The Kier molecular flexibility index (Phi) is 1.47. The maximum absolute atomic E-state index is 10.2. The summed E-state index contributed by atoms with van der Waals surface area (Å²) >= 11 is 0. The lowest BCUT2D eigenvalue weighted by Gasteiger charge is -1.89. The van der Waals surface area contributed by atoms with Crippen molar-refractivity contribution >= 4 is 18.4 Å². The molecule has 1 N–H and O–H groups in total. The van der Waals surface area contributed by atoms with E-state index in [0.717, 1.165) is 0 Å². The molecule has 0 aliphatic carbocycles. The molecule has 0 spiro atoms. The van der Waals surface area contributed by atoms with Gasteiger partial charge in [-0.3, -0.25) is 0 Å². The molecule has 9 heavy (non-hydrogen) atoms. The van der Waals surface area contributed by atoms with E-state index in [1.807, 2.05) is 0 Å². The molecule has 0 aromatic rings. The highest BCUT2D eigenvalue weighted by atomic mass is 16.4. The van der Waals surface area contributed by atoms with E-state index in [1.165, 1.54) is 12.3 Å². The van der Waals surface area contributed by atoms with E-state index in [4.69, 9.17) is 5.11 Å². The van der Waals surface area contributed by atoms with Crippen LogP contribution in [0.2, 0.25) is 0 Å². The molecule has 1 aliphatic heterocycles. The number of carboxylic acids is 1. The zero-order chi connectivity index (χ0) is 6.69. The zero-order valence-electron chi connectivity index (χ0n) is 4.74. The van der Waals surface area contributed by atoms with Gasteiger partial charge in [0, 0.05) is 6.08 Å². The number of allylic oxidation sites excluding steroid dienone is 1. The van der Waals surface area contributed by atoms with Gasteiger partial charge >= 0.3 is 5.97 Å². The monoisotopic (exact) mass is 124 g/mol. The molecule has 0 atom stereocenters. The normalized spacial score (nSPS) is 15.3. The van der Waals surface area contributed by atoms with E-state index in [9.17, 15) is 4.79 Å². The van der Waals surface area contributed by atoms with Crippen molar-refractivity contribution in [2.45, 2.75) is 6.42 Å². The van der Waals surface area contributed by atoms with Crippen molar-refractivity contribution in [3.63, 3.8) is 0 Å². The molecule has 1 rings (SSSR count). The zero-order valence-corrected chi connectivity index (χ0v) is 4.74. The van der Waals surface area contributed by atoms with E-state index in [1.54, 1.807) is 6.21 Å². The average molecular weight is 124 g/mol. The highest BCUT2D eigenvalue weighted by Gasteiger charge is 2.09. The summed E-state index contributed by atoms with van der Waals surface area (Å²) in [6.45, 7) is 0. The van der Waals surface area contributed by atoms with Crippen LogP contribution in [0.15, 0.2) is 11.6 Å². The third-order valence-corrected chi connectivity index (χ3v) is 1.05. The molecule has 0 unspecified atom stereocenters. The Morgan fingerprint density at radius 2 is 2.56 bits per heavy atom. The number of aliphatic carboxylic acids is 1. The van der Waals surface area contributed by atoms with Gasteiger partial charge in [0.25, 0.3) is 12.4 Å². The van der Waals surface area contributed by atoms with Crippen molar-refractivity contribution in [3.8, 4) is 0 Å². The smallest absolute Gasteiger partial charge is 0.332 e. The first-order valence-corrected chi connectivity index (χ1v) is 2.58. The molecule has 0 saturated heterocycles. The van der Waals surface area contributed by atoms with Gasteiger partial charge in [0.05, 0.1) is 12.0 Å². The standard InChI is InChI=1S/C6H5NO2/c8-6(9)5-1-3-7-4-2-5/h1,3-4H,2H2/p+1. The van der Waals surface area contributed by atoms with Gasteiger partial charge in [-0.2, -0.15) is 0 Å². The summed E-state index contributed by atoms with van der Waals surface area (Å²) in [6, 6.07) is 0.